The van der Waals surface area contributed by atoms with Crippen molar-refractivity contribution in [3.05, 3.63) is 81.6 Å². The maximum absolute atomic E-state index is 13.7. The van der Waals surface area contributed by atoms with Gasteiger partial charge in [0, 0.05) is 30.4 Å². The Bertz CT molecular complexity index is 1320. The predicted molar refractivity (Wildman–Crippen MR) is 136 cm³/mol. The Morgan fingerprint density at radius 2 is 1.83 bits per heavy atom. The number of nitrogens with one attached hydrogen (secondary N) is 1. The summed E-state index contributed by atoms with van der Waals surface area (Å²) in [6.45, 7) is 6.11. The van der Waals surface area contributed by atoms with E-state index in [9.17, 15) is 4.39 Å². The summed E-state index contributed by atoms with van der Waals surface area (Å²) in [5, 5.41) is 15.1. The number of ether oxygens (including phenoxy) is 1. The molecule has 0 atom stereocenters. The normalized spacial score (nSPS) is 15.0. The molecule has 1 aliphatic rings. The van der Waals surface area contributed by atoms with E-state index in [1.54, 1.807) is 18.2 Å². The van der Waals surface area contributed by atoms with Crippen molar-refractivity contribution >= 4 is 29.2 Å². The van der Waals surface area contributed by atoms with Gasteiger partial charge in [-0.25, -0.2) is 14.5 Å². The fraction of sp³-hybridized carbons (Fsp3) is 0.360. The van der Waals surface area contributed by atoms with Crippen LogP contribution in [0.25, 0.3) is 5.69 Å². The van der Waals surface area contributed by atoms with Gasteiger partial charge in [0.05, 0.1) is 21.8 Å². The lowest BCUT2D eigenvalue weighted by Gasteiger charge is -2.31. The maximum atomic E-state index is 13.7. The van der Waals surface area contributed by atoms with E-state index in [1.165, 1.54) is 12.1 Å². The van der Waals surface area contributed by atoms with Crippen LogP contribution in [0, 0.1) is 5.82 Å². The Hall–Kier alpha value is -3.01. The molecule has 1 aliphatic heterocycles. The van der Waals surface area contributed by atoms with Gasteiger partial charge in [0.1, 0.15) is 18.2 Å². The van der Waals surface area contributed by atoms with Gasteiger partial charge in [-0.3, -0.25) is 4.57 Å². The molecule has 1 N–H and O–H groups in total. The van der Waals surface area contributed by atoms with Crippen molar-refractivity contribution < 1.29 is 9.13 Å². The monoisotopic (exact) mass is 529 g/mol. The summed E-state index contributed by atoms with van der Waals surface area (Å²) in [5.41, 5.74) is 2.26. The molecule has 0 saturated carbocycles. The molecule has 5 rings (SSSR count). The number of H-pyrrole nitrogens is 1. The molecule has 36 heavy (non-hydrogen) atoms. The third kappa shape index (κ3) is 4.96. The number of halogens is 3. The zero-order chi connectivity index (χ0) is 25.3. The molecule has 4 aromatic rings. The van der Waals surface area contributed by atoms with Crippen LogP contribution in [0.5, 0.6) is 0 Å². The third-order valence-corrected chi connectivity index (χ3v) is 7.46. The lowest BCUT2D eigenvalue weighted by atomic mass is 9.81. The minimum absolute atomic E-state index is 0.0852. The molecule has 0 bridgehead atoms. The topological polar surface area (TPSA) is 84.8 Å². The van der Waals surface area contributed by atoms with Crippen molar-refractivity contribution in [3.63, 3.8) is 0 Å². The molecule has 0 unspecified atom stereocenters. The summed E-state index contributed by atoms with van der Waals surface area (Å²) < 4.78 is 22.1. The summed E-state index contributed by atoms with van der Waals surface area (Å²) in [7, 11) is 0. The number of tetrazole rings is 1. The summed E-state index contributed by atoms with van der Waals surface area (Å²) in [6, 6.07) is 12.0. The van der Waals surface area contributed by atoms with Gasteiger partial charge in [0.2, 0.25) is 5.95 Å². The first kappa shape index (κ1) is 24.7. The summed E-state index contributed by atoms with van der Waals surface area (Å²) in [5.74, 6) is 1.12. The molecule has 1 fully saturated rings. The highest BCUT2D eigenvalue weighted by Crippen LogP contribution is 2.37. The number of aromatic amines is 1. The Morgan fingerprint density at radius 1 is 1.08 bits per heavy atom. The highest BCUT2D eigenvalue weighted by Gasteiger charge is 2.30. The van der Waals surface area contributed by atoms with Crippen LogP contribution >= 0.6 is 23.2 Å². The molecule has 2 aromatic carbocycles. The fourth-order valence-corrected chi connectivity index (χ4v) is 4.86. The smallest absolute Gasteiger partial charge is 0.242 e. The van der Waals surface area contributed by atoms with E-state index in [2.05, 4.69) is 39.4 Å². The first-order chi connectivity index (χ1) is 17.3. The number of benzene rings is 2. The van der Waals surface area contributed by atoms with Crippen molar-refractivity contribution in [3.8, 4) is 5.69 Å². The van der Waals surface area contributed by atoms with Crippen LogP contribution < -0.4 is 4.90 Å². The van der Waals surface area contributed by atoms with Crippen LogP contribution in [0.4, 0.5) is 10.3 Å². The van der Waals surface area contributed by atoms with E-state index in [-0.39, 0.29) is 11.9 Å². The number of hydrogen-bond acceptors (Lipinski definition) is 6. The van der Waals surface area contributed by atoms with E-state index in [4.69, 9.17) is 32.9 Å². The van der Waals surface area contributed by atoms with Gasteiger partial charge in [-0.2, -0.15) is 0 Å². The summed E-state index contributed by atoms with van der Waals surface area (Å²) in [4.78, 5) is 6.84. The van der Waals surface area contributed by atoms with Crippen molar-refractivity contribution in [2.75, 3.05) is 18.0 Å². The van der Waals surface area contributed by atoms with E-state index in [1.807, 2.05) is 22.9 Å². The molecule has 0 spiro atoms. The van der Waals surface area contributed by atoms with Gasteiger partial charge >= 0.3 is 0 Å². The average Bonchev–Trinajstić information content (AvgIpc) is 3.56. The van der Waals surface area contributed by atoms with Gasteiger partial charge < -0.3 is 9.64 Å². The fourth-order valence-electron chi connectivity index (χ4n) is 4.56. The highest BCUT2D eigenvalue weighted by atomic mass is 35.5. The number of imidazole rings is 1. The van der Waals surface area contributed by atoms with Crippen LogP contribution in [0.3, 0.4) is 0 Å². The predicted octanol–water partition coefficient (Wildman–Crippen LogP) is 5.34. The van der Waals surface area contributed by atoms with Crippen LogP contribution in [0.15, 0.2) is 48.7 Å². The number of piperidine rings is 1. The first-order valence-electron chi connectivity index (χ1n) is 11.7. The largest absolute Gasteiger partial charge is 0.370 e. The van der Waals surface area contributed by atoms with Gasteiger partial charge in [-0.05, 0) is 65.2 Å². The minimum Gasteiger partial charge on any atom is -0.370 e. The van der Waals surface area contributed by atoms with Crippen molar-refractivity contribution in [2.24, 2.45) is 0 Å². The number of aromatic nitrogens is 6. The van der Waals surface area contributed by atoms with Crippen LogP contribution in [-0.2, 0) is 16.8 Å². The molecule has 188 valence electrons. The van der Waals surface area contributed by atoms with E-state index in [0.717, 1.165) is 48.7 Å². The van der Waals surface area contributed by atoms with Crippen LogP contribution in [-0.4, -0.2) is 49.4 Å². The number of rotatable bonds is 7. The molecule has 11 heteroatoms. The van der Waals surface area contributed by atoms with Crippen molar-refractivity contribution in [1.82, 2.24) is 30.2 Å². The SMILES string of the molecule is CC(C)(c1ccc(Cl)c(Cl)c1)c1cnc(COC2CCN(c3nnn[nH]3)CC2)n1-c1ccc(F)cc1. The highest BCUT2D eigenvalue weighted by molar-refractivity contribution is 6.42. The molecule has 0 radical (unpaired) electrons. The molecule has 1 saturated heterocycles. The molecule has 3 heterocycles. The van der Waals surface area contributed by atoms with Gasteiger partial charge in [0.15, 0.2) is 0 Å². The van der Waals surface area contributed by atoms with Gasteiger partial charge in [-0.15, -0.1) is 0 Å². The first-order valence-corrected chi connectivity index (χ1v) is 12.5. The Balaban J connectivity index is 1.40. The zero-order valence-electron chi connectivity index (χ0n) is 20.0. The maximum Gasteiger partial charge on any atom is 0.242 e. The molecule has 8 nitrogen and oxygen atoms in total. The van der Waals surface area contributed by atoms with Crippen LogP contribution in [0.1, 0.15) is 43.8 Å². The minimum atomic E-state index is -0.468. The van der Waals surface area contributed by atoms with Crippen molar-refractivity contribution in [2.45, 2.75) is 44.8 Å². The van der Waals surface area contributed by atoms with Crippen molar-refractivity contribution in [1.29, 1.82) is 0 Å². The molecule has 0 amide bonds. The third-order valence-electron chi connectivity index (χ3n) is 6.73. The molecular formula is C25H26Cl2FN7O. The van der Waals surface area contributed by atoms with Gasteiger partial charge in [0.25, 0.3) is 0 Å². The van der Waals surface area contributed by atoms with E-state index >= 15 is 0 Å². The van der Waals surface area contributed by atoms with E-state index in [0.29, 0.717) is 22.6 Å². The number of nitrogens with zero attached hydrogens (tertiary/aromatic N) is 6. The van der Waals surface area contributed by atoms with Gasteiger partial charge in [-0.1, -0.05) is 48.2 Å². The quantitative estimate of drug-likeness (QED) is 0.347. The van der Waals surface area contributed by atoms with Crippen LogP contribution in [0.2, 0.25) is 10.0 Å². The number of anilines is 1. The lowest BCUT2D eigenvalue weighted by Crippen LogP contribution is -2.37. The summed E-state index contributed by atoms with van der Waals surface area (Å²) in [6.07, 6.45) is 3.63. The number of hydrogen-bond donors (Lipinski definition) is 1. The van der Waals surface area contributed by atoms with E-state index < -0.39 is 5.41 Å². The molecule has 2 aromatic heterocycles. The molecular weight excluding hydrogens is 504 g/mol. The second kappa shape index (κ2) is 10.2. The Morgan fingerprint density at radius 3 is 2.50 bits per heavy atom. The zero-order valence-corrected chi connectivity index (χ0v) is 21.5. The Labute approximate surface area is 218 Å². The lowest BCUT2D eigenvalue weighted by molar-refractivity contribution is 0.0208. The second-order valence-corrected chi connectivity index (χ2v) is 10.2. The average molecular weight is 530 g/mol. The summed E-state index contributed by atoms with van der Waals surface area (Å²) >= 11 is 12.5. The molecule has 0 aliphatic carbocycles. The Kier molecular flexibility index (Phi) is 6.96. The second-order valence-electron chi connectivity index (χ2n) is 9.35. The standard InChI is InChI=1S/C25H26Cl2FN7O/c1-25(2,16-3-8-20(26)21(27)13-16)22-14-29-23(35(22)18-6-4-17(28)5-7-18)15-36-19-9-11-34(12-10-19)24-30-32-33-31-24/h3-8,13-14,19H,9-12,15H2,1-2H3,(H,30,31,32,33).